The zero-order valence-corrected chi connectivity index (χ0v) is 50.6. The van der Waals surface area contributed by atoms with Gasteiger partial charge < -0.3 is 52.0 Å². The van der Waals surface area contributed by atoms with Gasteiger partial charge >= 0.3 is 18.2 Å². The van der Waals surface area contributed by atoms with Gasteiger partial charge in [-0.25, -0.2) is 22.7 Å². The van der Waals surface area contributed by atoms with Gasteiger partial charge in [0.25, 0.3) is 0 Å². The summed E-state index contributed by atoms with van der Waals surface area (Å²) < 4.78 is 75.4. The second-order valence-corrected chi connectivity index (χ2v) is 26.5. The maximum atomic E-state index is 15.1. The highest BCUT2D eigenvalue weighted by Gasteiger charge is 2.38. The molecule has 1 aliphatic heterocycles. The van der Waals surface area contributed by atoms with Crippen molar-refractivity contribution in [1.82, 2.24) is 36.6 Å². The number of sulfonamides is 1. The molecular weight excluding hydrogens is 1200 g/mol. The molecule has 1 fully saturated rings. The fraction of sp³-hybridized carbons (Fsp3) is 0.433. The van der Waals surface area contributed by atoms with E-state index in [1.54, 1.807) is 57.2 Å². The van der Waals surface area contributed by atoms with Gasteiger partial charge in [-0.15, -0.1) is 0 Å². The molecule has 0 radical (unpaired) electrons. The smallest absolute Gasteiger partial charge is 0.416 e. The number of ketones is 1. The van der Waals surface area contributed by atoms with Gasteiger partial charge in [-0.05, 0) is 124 Å². The molecule has 1 aliphatic carbocycles. The van der Waals surface area contributed by atoms with E-state index >= 15 is 9.59 Å². The molecule has 10 N–H and O–H groups in total. The van der Waals surface area contributed by atoms with Crippen LogP contribution in [0.2, 0.25) is 0 Å². The van der Waals surface area contributed by atoms with Crippen molar-refractivity contribution in [3.05, 3.63) is 143 Å². The molecule has 0 aromatic heterocycles. The lowest BCUT2D eigenvalue weighted by Crippen LogP contribution is -2.60. The number of ether oxygens (including phenoxy) is 1. The molecule has 27 heteroatoms. The maximum absolute atomic E-state index is 15.1. The van der Waals surface area contributed by atoms with Crippen LogP contribution in [-0.4, -0.2) is 137 Å². The second kappa shape index (κ2) is 31.4. The molecule has 87 heavy (non-hydrogen) atoms. The van der Waals surface area contributed by atoms with Crippen LogP contribution in [-0.2, 0) is 79.5 Å². The molecule has 21 nitrogen and oxygen atoms in total. The van der Waals surface area contributed by atoms with Crippen LogP contribution in [0.4, 0.5) is 18.0 Å². The number of unbranched alkanes of at least 4 members (excludes halogenated alkanes) is 1. The van der Waals surface area contributed by atoms with Crippen LogP contribution in [0, 0.1) is 5.92 Å². The molecule has 0 bridgehead atoms. The number of amides is 6. The van der Waals surface area contributed by atoms with Crippen LogP contribution >= 0.6 is 21.6 Å². The highest BCUT2D eigenvalue weighted by atomic mass is 33.1. The number of carboxylic acid groups (broad SMARTS) is 1. The van der Waals surface area contributed by atoms with E-state index in [-0.39, 0.29) is 62.1 Å². The summed E-state index contributed by atoms with van der Waals surface area (Å²) in [5.74, 6) is -10.3. The number of halogens is 3. The predicted molar refractivity (Wildman–Crippen MR) is 321 cm³/mol. The summed E-state index contributed by atoms with van der Waals surface area (Å²) in [5.41, 5.74) is 1.41. The van der Waals surface area contributed by atoms with Crippen molar-refractivity contribution >= 4 is 84.6 Å². The minimum Gasteiger partial charge on any atom is -0.508 e. The third-order valence-corrected chi connectivity index (χ3v) is 17.7. The van der Waals surface area contributed by atoms with E-state index in [2.05, 4.69) is 36.6 Å². The van der Waals surface area contributed by atoms with Gasteiger partial charge in [0.15, 0.2) is 5.78 Å². The van der Waals surface area contributed by atoms with Crippen LogP contribution in [0.25, 0.3) is 5.57 Å². The van der Waals surface area contributed by atoms with Crippen LogP contribution in [0.1, 0.15) is 93.2 Å². The average Bonchev–Trinajstić information content (AvgIpc) is 2.42. The van der Waals surface area contributed by atoms with Gasteiger partial charge in [-0.3, -0.25) is 28.8 Å². The van der Waals surface area contributed by atoms with Crippen LogP contribution in [0.15, 0.2) is 109 Å². The number of aliphatic hydroxyl groups excluding tert-OH is 1. The van der Waals surface area contributed by atoms with Crippen molar-refractivity contribution in [2.24, 2.45) is 5.92 Å². The number of hydrogen-bond donors (Lipinski definition) is 10. The Balaban J connectivity index is 1.38. The number of benzene rings is 4. The Morgan fingerprint density at radius 1 is 0.747 bits per heavy atom. The summed E-state index contributed by atoms with van der Waals surface area (Å²) in [6.07, 6.45) is -5.67. The van der Waals surface area contributed by atoms with E-state index in [1.807, 2.05) is 24.3 Å². The molecule has 1 heterocycles. The first kappa shape index (κ1) is 68.7. The Kier molecular flexibility index (Phi) is 24.8. The monoisotopic (exact) mass is 1270 g/mol. The highest BCUT2D eigenvalue weighted by molar-refractivity contribution is 8.76. The average molecular weight is 1270 g/mol. The zero-order valence-electron chi connectivity index (χ0n) is 48.2. The lowest BCUT2D eigenvalue weighted by atomic mass is 9.90. The van der Waals surface area contributed by atoms with Crippen molar-refractivity contribution in [3.63, 3.8) is 0 Å². The third-order valence-electron chi connectivity index (χ3n) is 13.9. The van der Waals surface area contributed by atoms with Crippen molar-refractivity contribution < 1.29 is 80.0 Å². The van der Waals surface area contributed by atoms with Crippen LogP contribution in [0.5, 0.6) is 5.75 Å². The van der Waals surface area contributed by atoms with E-state index in [9.17, 15) is 65.7 Å². The molecule has 4 aromatic carbocycles. The first-order valence-corrected chi connectivity index (χ1v) is 32.1. The molecule has 2 aliphatic rings. The van der Waals surface area contributed by atoms with E-state index in [0.29, 0.717) is 35.3 Å². The zero-order chi connectivity index (χ0) is 63.6. The fourth-order valence-electron chi connectivity index (χ4n) is 9.47. The number of fused-ring (bicyclic) bond motifs is 1. The van der Waals surface area contributed by atoms with E-state index < -0.39 is 141 Å². The number of aromatic hydroxyl groups is 1. The van der Waals surface area contributed by atoms with Gasteiger partial charge in [-0.2, -0.15) is 13.2 Å². The Bertz CT molecular complexity index is 3220. The van der Waals surface area contributed by atoms with Gasteiger partial charge in [-0.1, -0.05) is 107 Å². The standard InChI is InChI=1S/C60H72F3N7O14S3/c1-35(71)51-56(78)68-49(57(79)80)33-86-85-32-48(67-55(77)47(29-36-12-6-5-7-13-36)70-87(82,83)34-38-17-23-42(24-18-38)60(61,62)63)50(73)31-41(28-37-19-25-43(72)26-20-37)52(74)66-46(30-40-22-21-39-14-8-9-15-44(39)40)54(76)65-45(53(75)69-51)16-10-11-27-64-58(81)84-59(2,3)4/h5-9,12-15,17-20,22-26,35,41,45-49,51,70-72H,10-11,16,21,27-34H2,1-4H3,(H,64,81)(H,65,76)(H,66,74)(H,67,77)(H,68,78)(H,69,75)(H,79,80)/t35-,41-,45+,46-,47-,48+,49+,51+/m1/s1. The van der Waals surface area contributed by atoms with Crippen molar-refractivity contribution in [2.75, 3.05) is 18.1 Å². The first-order chi connectivity index (χ1) is 41.0. The molecule has 0 spiro atoms. The van der Waals surface area contributed by atoms with Gasteiger partial charge in [0, 0.05) is 36.8 Å². The Morgan fingerprint density at radius 3 is 2.03 bits per heavy atom. The number of carbonyl (C=O) groups is 8. The number of phenols is 1. The second-order valence-electron chi connectivity index (χ2n) is 22.1. The number of rotatable bonds is 19. The number of nitrogens with one attached hydrogen (secondary N) is 7. The third kappa shape index (κ3) is 22.0. The highest BCUT2D eigenvalue weighted by Crippen LogP contribution is 2.32. The van der Waals surface area contributed by atoms with Crippen molar-refractivity contribution in [2.45, 2.75) is 139 Å². The summed E-state index contributed by atoms with van der Waals surface area (Å²) >= 11 is 0. The summed E-state index contributed by atoms with van der Waals surface area (Å²) in [7, 11) is -2.83. The molecule has 6 rings (SSSR count). The van der Waals surface area contributed by atoms with E-state index in [1.165, 1.54) is 31.2 Å². The molecule has 0 unspecified atom stereocenters. The number of Topliss-reactive ketones (excluding diaryl/α,β-unsaturated/α-hetero) is 1. The summed E-state index contributed by atoms with van der Waals surface area (Å²) in [4.78, 5) is 113. The molecule has 6 amide bonds. The van der Waals surface area contributed by atoms with E-state index in [0.717, 1.165) is 44.8 Å². The van der Waals surface area contributed by atoms with Crippen molar-refractivity contribution in [1.29, 1.82) is 0 Å². The summed E-state index contributed by atoms with van der Waals surface area (Å²) in [6, 6.07) is 15.0. The Labute approximate surface area is 510 Å². The molecular formula is C60H72F3N7O14S3. The topological polar surface area (TPSA) is 325 Å². The minimum atomic E-state index is -4.70. The number of aliphatic carboxylic acids is 1. The first-order valence-electron chi connectivity index (χ1n) is 28.0. The molecule has 8 atom stereocenters. The normalized spacial score (nSPS) is 21.1. The fourth-order valence-corrected chi connectivity index (χ4v) is 13.2. The largest absolute Gasteiger partial charge is 0.508 e. The Hall–Kier alpha value is -7.46. The van der Waals surface area contributed by atoms with Crippen molar-refractivity contribution in [3.8, 4) is 5.75 Å². The van der Waals surface area contributed by atoms with E-state index in [4.69, 9.17) is 4.74 Å². The van der Waals surface area contributed by atoms with Gasteiger partial charge in [0.2, 0.25) is 39.6 Å². The molecule has 470 valence electrons. The summed E-state index contributed by atoms with van der Waals surface area (Å²) in [5, 5.41) is 47.0. The summed E-state index contributed by atoms with van der Waals surface area (Å²) in [6.45, 7) is 6.32. The minimum absolute atomic E-state index is 0.0428. The molecule has 1 saturated heterocycles. The van der Waals surface area contributed by atoms with Crippen LogP contribution in [0.3, 0.4) is 0 Å². The SMILES string of the molecule is C[C@@H](O)[C@@H]1NC(=O)[C@H](CCCCNC(=O)OC(C)(C)C)NC(=O)[C@@H](CC2=CCc3ccccc32)NC(=O)[C@H](Cc2ccc(O)cc2)CC(=O)[C@@H](NC(=O)[C@@H](Cc2ccccc2)NS(=O)(=O)Cc2ccc(C(F)(F)F)cc2)CSSC[C@@H](C(=O)O)NC1=O. The number of allylic oxidation sites excluding steroid dienone is 1. The number of alkyl carbamates (subject to hydrolysis) is 1. The predicted octanol–water partition coefficient (Wildman–Crippen LogP) is 5.27. The maximum Gasteiger partial charge on any atom is 0.416 e. The lowest BCUT2D eigenvalue weighted by Gasteiger charge is -2.28. The number of carboxylic acids is 1. The quantitative estimate of drug-likeness (QED) is 0.0422. The van der Waals surface area contributed by atoms with Crippen LogP contribution < -0.4 is 36.6 Å². The number of aliphatic hydroxyl groups is 1. The number of hydrogen-bond acceptors (Lipinski definition) is 15. The number of alkyl halides is 3. The van der Waals surface area contributed by atoms with Gasteiger partial charge in [0.05, 0.1) is 23.5 Å². The van der Waals surface area contributed by atoms with Gasteiger partial charge in [0.1, 0.15) is 41.6 Å². The Morgan fingerprint density at radius 2 is 1.38 bits per heavy atom. The number of carbonyl (C=O) groups excluding carboxylic acids is 7. The molecule has 0 saturated carbocycles. The molecule has 4 aromatic rings. The lowest BCUT2D eigenvalue weighted by molar-refractivity contribution is -0.142. The number of phenolic OH excluding ortho intramolecular Hbond substituents is 1.